The number of carboxylic acid groups (broad SMARTS) is 1. The molecular weight excluding hydrogens is 242 g/mol. The lowest BCUT2D eigenvalue weighted by atomic mass is 10.2. The summed E-state index contributed by atoms with van der Waals surface area (Å²) in [6.07, 6.45) is 1.07. The number of nitriles is 1. The third kappa shape index (κ3) is 4.17. The second kappa shape index (κ2) is 5.92. The van der Waals surface area contributed by atoms with Gasteiger partial charge >= 0.3 is 5.97 Å². The summed E-state index contributed by atoms with van der Waals surface area (Å²) >= 11 is 5.89. The highest BCUT2D eigenvalue weighted by atomic mass is 35.5. The molecule has 0 atom stereocenters. The van der Waals surface area contributed by atoms with Crippen LogP contribution in [0.2, 0.25) is 5.02 Å². The van der Waals surface area contributed by atoms with E-state index in [0.717, 1.165) is 6.08 Å². The average Bonchev–Trinajstić information content (AvgIpc) is 2.26. The number of carboxylic acids is 1. The molecule has 17 heavy (non-hydrogen) atoms. The molecule has 0 fully saturated rings. The van der Waals surface area contributed by atoms with Crippen molar-refractivity contribution in [2.45, 2.75) is 6.92 Å². The first-order valence-corrected chi connectivity index (χ1v) is 5.13. The van der Waals surface area contributed by atoms with Gasteiger partial charge in [-0.1, -0.05) is 11.6 Å². The quantitative estimate of drug-likeness (QED) is 0.835. The van der Waals surface area contributed by atoms with Crippen molar-refractivity contribution in [3.63, 3.8) is 0 Å². The van der Waals surface area contributed by atoms with Crippen LogP contribution in [0.5, 0.6) is 5.75 Å². The van der Waals surface area contributed by atoms with Crippen molar-refractivity contribution in [1.82, 2.24) is 0 Å². The Bertz CT molecular complexity index is 503. The summed E-state index contributed by atoms with van der Waals surface area (Å²) in [6, 6.07) is 6.61. The number of benzene rings is 1. The van der Waals surface area contributed by atoms with Crippen LogP contribution in [-0.2, 0) is 4.79 Å². The van der Waals surface area contributed by atoms with Gasteiger partial charge in [-0.15, -0.1) is 0 Å². The number of rotatable bonds is 4. The molecule has 0 aliphatic rings. The number of aliphatic carboxylic acids is 1. The summed E-state index contributed by atoms with van der Waals surface area (Å²) < 4.78 is 5.33. The van der Waals surface area contributed by atoms with Crippen molar-refractivity contribution in [3.8, 4) is 11.8 Å². The van der Waals surface area contributed by atoms with Gasteiger partial charge in [0, 0.05) is 6.08 Å². The lowest BCUT2D eigenvalue weighted by Crippen LogP contribution is -2.01. The molecule has 0 spiro atoms. The van der Waals surface area contributed by atoms with E-state index < -0.39 is 5.97 Å². The van der Waals surface area contributed by atoms with E-state index >= 15 is 0 Å². The summed E-state index contributed by atoms with van der Waals surface area (Å²) in [4.78, 5) is 10.4. The largest absolute Gasteiger partial charge is 0.488 e. The summed E-state index contributed by atoms with van der Waals surface area (Å²) in [5.74, 6) is -0.596. The molecule has 0 aromatic heterocycles. The van der Waals surface area contributed by atoms with Crippen molar-refractivity contribution >= 4 is 17.6 Å². The molecule has 1 rings (SSSR count). The van der Waals surface area contributed by atoms with Gasteiger partial charge in [0.2, 0.25) is 0 Å². The highest BCUT2D eigenvalue weighted by Gasteiger charge is 2.03. The van der Waals surface area contributed by atoms with Crippen molar-refractivity contribution in [2.75, 3.05) is 6.61 Å². The normalized spacial score (nSPS) is 10.8. The molecule has 0 aliphatic heterocycles. The van der Waals surface area contributed by atoms with E-state index in [0.29, 0.717) is 21.9 Å². The predicted molar refractivity (Wildman–Crippen MR) is 63.1 cm³/mol. The van der Waals surface area contributed by atoms with Crippen LogP contribution in [0.1, 0.15) is 12.5 Å². The maximum absolute atomic E-state index is 10.4. The zero-order chi connectivity index (χ0) is 12.8. The van der Waals surface area contributed by atoms with Gasteiger partial charge in [-0.05, 0) is 30.7 Å². The molecule has 0 heterocycles. The van der Waals surface area contributed by atoms with Gasteiger partial charge in [0.15, 0.2) is 0 Å². The monoisotopic (exact) mass is 251 g/mol. The lowest BCUT2D eigenvalue weighted by Gasteiger charge is -2.07. The van der Waals surface area contributed by atoms with E-state index in [2.05, 4.69) is 0 Å². The maximum Gasteiger partial charge on any atom is 0.328 e. The first-order valence-electron chi connectivity index (χ1n) is 4.75. The highest BCUT2D eigenvalue weighted by Crippen LogP contribution is 2.25. The maximum atomic E-state index is 10.4. The number of hydrogen-bond acceptors (Lipinski definition) is 3. The van der Waals surface area contributed by atoms with Crippen LogP contribution in [0.15, 0.2) is 29.8 Å². The molecule has 1 aromatic rings. The zero-order valence-corrected chi connectivity index (χ0v) is 9.86. The fourth-order valence-corrected chi connectivity index (χ4v) is 1.37. The Kier molecular flexibility index (Phi) is 4.56. The third-order valence-electron chi connectivity index (χ3n) is 1.89. The summed E-state index contributed by atoms with van der Waals surface area (Å²) in [5, 5.41) is 17.5. The number of halogens is 1. The minimum absolute atomic E-state index is 0.137. The molecule has 0 amide bonds. The van der Waals surface area contributed by atoms with Crippen LogP contribution in [0, 0.1) is 11.3 Å². The molecule has 1 aromatic carbocycles. The van der Waals surface area contributed by atoms with Gasteiger partial charge in [0.1, 0.15) is 12.4 Å². The van der Waals surface area contributed by atoms with Gasteiger partial charge in [0.05, 0.1) is 16.7 Å². The summed E-state index contributed by atoms with van der Waals surface area (Å²) in [5.41, 5.74) is 1.01. The van der Waals surface area contributed by atoms with Crippen LogP contribution in [0.4, 0.5) is 0 Å². The van der Waals surface area contributed by atoms with Gasteiger partial charge in [-0.3, -0.25) is 0 Å². The molecule has 0 bridgehead atoms. The van der Waals surface area contributed by atoms with Crippen LogP contribution in [0.25, 0.3) is 0 Å². The lowest BCUT2D eigenvalue weighted by molar-refractivity contribution is -0.131. The van der Waals surface area contributed by atoms with Gasteiger partial charge < -0.3 is 9.84 Å². The van der Waals surface area contributed by atoms with Gasteiger partial charge in [-0.2, -0.15) is 5.26 Å². The fraction of sp³-hybridized carbons (Fsp3) is 0.167. The summed E-state index contributed by atoms with van der Waals surface area (Å²) in [6.45, 7) is 1.78. The Labute approximate surface area is 104 Å². The smallest absolute Gasteiger partial charge is 0.328 e. The molecule has 0 saturated heterocycles. The van der Waals surface area contributed by atoms with Crippen molar-refractivity contribution in [2.24, 2.45) is 0 Å². The van der Waals surface area contributed by atoms with E-state index in [1.165, 1.54) is 6.07 Å². The van der Waals surface area contributed by atoms with E-state index in [9.17, 15) is 4.79 Å². The van der Waals surface area contributed by atoms with Crippen LogP contribution < -0.4 is 4.74 Å². The van der Waals surface area contributed by atoms with Crippen molar-refractivity contribution in [3.05, 3.63) is 40.4 Å². The SMILES string of the molecule is C/C(=C\C(=O)O)COc1ccc(C#N)cc1Cl. The molecule has 0 unspecified atom stereocenters. The zero-order valence-electron chi connectivity index (χ0n) is 9.11. The standard InChI is InChI=1S/C12H10ClNO3/c1-8(4-12(15)16)7-17-11-3-2-9(6-14)5-10(11)13/h2-5H,7H2,1H3,(H,15,16)/b8-4+. The third-order valence-corrected chi connectivity index (χ3v) is 2.18. The Morgan fingerprint density at radius 3 is 2.88 bits per heavy atom. The fourth-order valence-electron chi connectivity index (χ4n) is 1.13. The number of carbonyl (C=O) groups is 1. The molecule has 88 valence electrons. The number of nitrogens with zero attached hydrogens (tertiary/aromatic N) is 1. The Morgan fingerprint density at radius 1 is 1.65 bits per heavy atom. The van der Waals surface area contributed by atoms with E-state index in [4.69, 9.17) is 26.7 Å². The molecule has 4 nitrogen and oxygen atoms in total. The van der Waals surface area contributed by atoms with E-state index in [1.54, 1.807) is 19.1 Å². The van der Waals surface area contributed by atoms with Crippen LogP contribution in [0.3, 0.4) is 0 Å². The molecular formula is C12H10ClNO3. The van der Waals surface area contributed by atoms with Crippen molar-refractivity contribution < 1.29 is 14.6 Å². The minimum Gasteiger partial charge on any atom is -0.488 e. The van der Waals surface area contributed by atoms with Gasteiger partial charge in [0.25, 0.3) is 0 Å². The summed E-state index contributed by atoms with van der Waals surface area (Å²) in [7, 11) is 0. The molecule has 0 saturated carbocycles. The average molecular weight is 252 g/mol. The Hall–Kier alpha value is -1.99. The van der Waals surface area contributed by atoms with E-state index in [-0.39, 0.29) is 6.61 Å². The molecule has 5 heteroatoms. The second-order valence-corrected chi connectivity index (χ2v) is 3.78. The highest BCUT2D eigenvalue weighted by molar-refractivity contribution is 6.32. The van der Waals surface area contributed by atoms with E-state index in [1.807, 2.05) is 6.07 Å². The first kappa shape index (κ1) is 13.1. The number of hydrogen-bond donors (Lipinski definition) is 1. The van der Waals surface area contributed by atoms with Gasteiger partial charge in [-0.25, -0.2) is 4.79 Å². The van der Waals surface area contributed by atoms with Crippen LogP contribution >= 0.6 is 11.6 Å². The van der Waals surface area contributed by atoms with Crippen LogP contribution in [-0.4, -0.2) is 17.7 Å². The first-order chi connectivity index (χ1) is 8.02. The van der Waals surface area contributed by atoms with Crippen molar-refractivity contribution in [1.29, 1.82) is 5.26 Å². The Balaban J connectivity index is 2.71. The molecule has 0 radical (unpaired) electrons. The molecule has 1 N–H and O–H groups in total. The minimum atomic E-state index is -1.02. The molecule has 0 aliphatic carbocycles. The number of ether oxygens (including phenoxy) is 1. The predicted octanol–water partition coefficient (Wildman–Crippen LogP) is 2.62. The topological polar surface area (TPSA) is 70.3 Å². The Morgan fingerprint density at radius 2 is 2.35 bits per heavy atom. The second-order valence-electron chi connectivity index (χ2n) is 3.37.